The molecule has 11 heavy (non-hydrogen) atoms. The van der Waals surface area contributed by atoms with E-state index in [1.54, 1.807) is 0 Å². The van der Waals surface area contributed by atoms with Crippen molar-refractivity contribution in [2.45, 2.75) is 64.0 Å². The monoisotopic (exact) mass is 174 g/mol. The SMILES string of the molecule is CCCCCCCC[C@@H](C)S. The molecule has 0 aromatic carbocycles. The molecule has 0 radical (unpaired) electrons. The summed E-state index contributed by atoms with van der Waals surface area (Å²) < 4.78 is 0. The molecular weight excluding hydrogens is 152 g/mol. The quantitative estimate of drug-likeness (QED) is 0.437. The third-order valence-electron chi connectivity index (χ3n) is 1.98. The molecule has 0 amide bonds. The zero-order chi connectivity index (χ0) is 8.53. The average Bonchev–Trinajstić information content (AvgIpc) is 1.96. The standard InChI is InChI=1S/C10H22S/c1-3-4-5-6-7-8-9-10(2)11/h10-11H,3-9H2,1-2H3/t10-/m1/s1. The molecule has 1 atom stereocenters. The Morgan fingerprint density at radius 1 is 1.00 bits per heavy atom. The molecule has 0 aromatic rings. The van der Waals surface area contributed by atoms with Gasteiger partial charge in [-0.2, -0.15) is 12.6 Å². The molecule has 0 saturated heterocycles. The maximum Gasteiger partial charge on any atom is -0.00116 e. The van der Waals surface area contributed by atoms with Crippen molar-refractivity contribution in [2.75, 3.05) is 0 Å². The van der Waals surface area contributed by atoms with Crippen LogP contribution in [0.25, 0.3) is 0 Å². The fourth-order valence-electron chi connectivity index (χ4n) is 1.22. The summed E-state index contributed by atoms with van der Waals surface area (Å²) in [5, 5.41) is 0.598. The molecule has 0 saturated carbocycles. The molecule has 0 N–H and O–H groups in total. The molecule has 0 aromatic heterocycles. The minimum atomic E-state index is 0.598. The highest BCUT2D eigenvalue weighted by Gasteiger charge is 1.94. The van der Waals surface area contributed by atoms with Crippen LogP contribution in [0.1, 0.15) is 58.8 Å². The first-order valence-corrected chi connectivity index (χ1v) is 5.47. The van der Waals surface area contributed by atoms with Gasteiger partial charge in [0.05, 0.1) is 0 Å². The van der Waals surface area contributed by atoms with Crippen LogP contribution in [0, 0.1) is 0 Å². The lowest BCUT2D eigenvalue weighted by Gasteiger charge is -2.02. The Bertz CT molecular complexity index is 69.3. The van der Waals surface area contributed by atoms with Gasteiger partial charge in [-0.25, -0.2) is 0 Å². The van der Waals surface area contributed by atoms with Crippen LogP contribution in [-0.4, -0.2) is 5.25 Å². The van der Waals surface area contributed by atoms with E-state index in [2.05, 4.69) is 26.5 Å². The van der Waals surface area contributed by atoms with Crippen LogP contribution in [0.15, 0.2) is 0 Å². The van der Waals surface area contributed by atoms with Crippen LogP contribution in [-0.2, 0) is 0 Å². The van der Waals surface area contributed by atoms with E-state index in [4.69, 9.17) is 0 Å². The Hall–Kier alpha value is 0.350. The van der Waals surface area contributed by atoms with Gasteiger partial charge in [0.25, 0.3) is 0 Å². The van der Waals surface area contributed by atoms with E-state index in [0.29, 0.717) is 5.25 Å². The molecule has 0 rings (SSSR count). The summed E-state index contributed by atoms with van der Waals surface area (Å²) in [6, 6.07) is 0. The molecule has 0 aliphatic heterocycles. The van der Waals surface area contributed by atoms with E-state index in [-0.39, 0.29) is 0 Å². The molecule has 0 spiro atoms. The Balaban J connectivity index is 2.80. The third kappa shape index (κ3) is 10.4. The van der Waals surface area contributed by atoms with Gasteiger partial charge >= 0.3 is 0 Å². The van der Waals surface area contributed by atoms with Gasteiger partial charge in [0.2, 0.25) is 0 Å². The smallest absolute Gasteiger partial charge is 0.00116 e. The number of thiol groups is 1. The Morgan fingerprint density at radius 3 is 2.09 bits per heavy atom. The van der Waals surface area contributed by atoms with E-state index in [1.165, 1.54) is 44.9 Å². The third-order valence-corrected chi connectivity index (χ3v) is 2.23. The van der Waals surface area contributed by atoms with Crippen molar-refractivity contribution in [3.63, 3.8) is 0 Å². The number of hydrogen-bond donors (Lipinski definition) is 1. The van der Waals surface area contributed by atoms with Crippen molar-refractivity contribution in [1.82, 2.24) is 0 Å². The molecule has 0 unspecified atom stereocenters. The van der Waals surface area contributed by atoms with Crippen molar-refractivity contribution >= 4 is 12.6 Å². The highest BCUT2D eigenvalue weighted by molar-refractivity contribution is 7.80. The summed E-state index contributed by atoms with van der Waals surface area (Å²) in [5.74, 6) is 0. The summed E-state index contributed by atoms with van der Waals surface area (Å²) >= 11 is 4.34. The van der Waals surface area contributed by atoms with Crippen molar-refractivity contribution in [3.05, 3.63) is 0 Å². The van der Waals surface area contributed by atoms with E-state index < -0.39 is 0 Å². The van der Waals surface area contributed by atoms with E-state index >= 15 is 0 Å². The minimum Gasteiger partial charge on any atom is -0.176 e. The lowest BCUT2D eigenvalue weighted by molar-refractivity contribution is 0.589. The largest absolute Gasteiger partial charge is 0.176 e. The van der Waals surface area contributed by atoms with Crippen LogP contribution < -0.4 is 0 Å². The molecule has 0 fully saturated rings. The van der Waals surface area contributed by atoms with Crippen molar-refractivity contribution in [3.8, 4) is 0 Å². The summed E-state index contributed by atoms with van der Waals surface area (Å²) in [6.45, 7) is 4.44. The van der Waals surface area contributed by atoms with Gasteiger partial charge in [-0.1, -0.05) is 52.4 Å². The molecule has 0 bridgehead atoms. The number of unbranched alkanes of at least 4 members (excludes halogenated alkanes) is 5. The van der Waals surface area contributed by atoms with Crippen molar-refractivity contribution < 1.29 is 0 Å². The lowest BCUT2D eigenvalue weighted by atomic mass is 10.1. The Labute approximate surface area is 77.2 Å². The molecule has 0 aliphatic carbocycles. The second kappa shape index (κ2) is 8.45. The molecular formula is C10H22S. The van der Waals surface area contributed by atoms with E-state index in [1.807, 2.05) is 0 Å². The van der Waals surface area contributed by atoms with Gasteiger partial charge in [0.15, 0.2) is 0 Å². The predicted molar refractivity (Wildman–Crippen MR) is 56.4 cm³/mol. The van der Waals surface area contributed by atoms with E-state index in [0.717, 1.165) is 0 Å². The molecule has 0 heterocycles. The summed E-state index contributed by atoms with van der Waals surface area (Å²) in [6.07, 6.45) is 9.68. The van der Waals surface area contributed by atoms with Crippen LogP contribution >= 0.6 is 12.6 Å². The molecule has 0 aliphatic rings. The minimum absolute atomic E-state index is 0.598. The predicted octanol–water partition coefficient (Wildman–Crippen LogP) is 4.06. The zero-order valence-electron chi connectivity index (χ0n) is 7.97. The number of rotatable bonds is 7. The molecule has 68 valence electrons. The first-order chi connectivity index (χ1) is 5.27. The second-order valence-corrected chi connectivity index (χ2v) is 4.29. The Kier molecular flexibility index (Phi) is 8.72. The topological polar surface area (TPSA) is 0 Å². The van der Waals surface area contributed by atoms with Gasteiger partial charge < -0.3 is 0 Å². The first-order valence-electron chi connectivity index (χ1n) is 4.95. The van der Waals surface area contributed by atoms with Crippen molar-refractivity contribution in [2.24, 2.45) is 0 Å². The van der Waals surface area contributed by atoms with Gasteiger partial charge in [0, 0.05) is 0 Å². The van der Waals surface area contributed by atoms with Gasteiger partial charge in [-0.15, -0.1) is 0 Å². The first kappa shape index (κ1) is 11.4. The summed E-state index contributed by atoms with van der Waals surface area (Å²) in [7, 11) is 0. The number of hydrogen-bond acceptors (Lipinski definition) is 1. The van der Waals surface area contributed by atoms with Gasteiger partial charge in [-0.3, -0.25) is 0 Å². The maximum atomic E-state index is 4.34. The highest BCUT2D eigenvalue weighted by atomic mass is 32.1. The van der Waals surface area contributed by atoms with E-state index in [9.17, 15) is 0 Å². The molecule has 1 heteroatoms. The zero-order valence-corrected chi connectivity index (χ0v) is 8.87. The fraction of sp³-hybridized carbons (Fsp3) is 1.00. The maximum absolute atomic E-state index is 4.34. The second-order valence-electron chi connectivity index (χ2n) is 3.41. The average molecular weight is 174 g/mol. The summed E-state index contributed by atoms with van der Waals surface area (Å²) in [5.41, 5.74) is 0. The van der Waals surface area contributed by atoms with Crippen LogP contribution in [0.3, 0.4) is 0 Å². The van der Waals surface area contributed by atoms with Crippen LogP contribution in [0.4, 0.5) is 0 Å². The fourth-order valence-corrected chi connectivity index (χ4v) is 1.40. The Morgan fingerprint density at radius 2 is 1.55 bits per heavy atom. The lowest BCUT2D eigenvalue weighted by Crippen LogP contribution is -1.89. The van der Waals surface area contributed by atoms with Crippen LogP contribution in [0.5, 0.6) is 0 Å². The highest BCUT2D eigenvalue weighted by Crippen LogP contribution is 2.10. The molecule has 0 nitrogen and oxygen atoms in total. The van der Waals surface area contributed by atoms with Crippen molar-refractivity contribution in [1.29, 1.82) is 0 Å². The normalized spacial score (nSPS) is 13.4. The van der Waals surface area contributed by atoms with Gasteiger partial charge in [0.1, 0.15) is 0 Å². The summed E-state index contributed by atoms with van der Waals surface area (Å²) in [4.78, 5) is 0. The van der Waals surface area contributed by atoms with Gasteiger partial charge in [-0.05, 0) is 11.7 Å². The van der Waals surface area contributed by atoms with Crippen LogP contribution in [0.2, 0.25) is 0 Å².